The molecule has 0 amide bonds. The third kappa shape index (κ3) is 6.14. The van der Waals surface area contributed by atoms with Crippen LogP contribution in [0.5, 0.6) is 17.5 Å². The number of hydrogen-bond donors (Lipinski definition) is 0. The number of hydrogen-bond acceptors (Lipinski definition) is 11. The first kappa shape index (κ1) is 25.3. The van der Waals surface area contributed by atoms with E-state index in [1.165, 1.54) is 6.33 Å². The first-order valence-electron chi connectivity index (χ1n) is 12.3. The van der Waals surface area contributed by atoms with E-state index in [9.17, 15) is 8.42 Å². The number of piperidine rings is 1. The minimum absolute atomic E-state index is 0.0237. The number of aryl methyl sites for hydroxylation is 1. The second-order valence-electron chi connectivity index (χ2n) is 9.00. The van der Waals surface area contributed by atoms with Gasteiger partial charge in [-0.3, -0.25) is 0 Å². The molecular weight excluding hydrogens is 498 g/mol. The smallest absolute Gasteiger partial charge is 0.399 e. The molecule has 3 aromatic rings. The lowest BCUT2D eigenvalue weighted by Gasteiger charge is -2.32. The fourth-order valence-corrected chi connectivity index (χ4v) is 4.92. The van der Waals surface area contributed by atoms with Crippen molar-refractivity contribution in [3.05, 3.63) is 59.7 Å². The van der Waals surface area contributed by atoms with E-state index in [1.807, 2.05) is 31.5 Å². The van der Waals surface area contributed by atoms with Crippen LogP contribution in [0.15, 0.2) is 43.0 Å². The van der Waals surface area contributed by atoms with Gasteiger partial charge in [-0.05, 0) is 36.6 Å². The Morgan fingerprint density at radius 1 is 0.973 bits per heavy atom. The van der Waals surface area contributed by atoms with Crippen molar-refractivity contribution in [1.82, 2.24) is 19.9 Å². The first-order valence-corrected chi connectivity index (χ1v) is 13.6. The molecule has 2 aromatic heterocycles. The SMILES string of the molecule is CCc1cnc(N2CCC(Oc3ncnc(Oc4ccc(C5COS(=O)(=O)OC5)cc4)c3C)CC2)nc1. The molecule has 4 heterocycles. The topological polar surface area (TPSA) is 126 Å². The Morgan fingerprint density at radius 3 is 2.27 bits per heavy atom. The van der Waals surface area contributed by atoms with Gasteiger partial charge in [0, 0.05) is 44.2 Å². The Hall–Kier alpha value is -3.35. The summed E-state index contributed by atoms with van der Waals surface area (Å²) in [6, 6.07) is 7.30. The van der Waals surface area contributed by atoms with Crippen LogP contribution in [0, 0.1) is 6.92 Å². The van der Waals surface area contributed by atoms with Gasteiger partial charge in [0.1, 0.15) is 18.2 Å². The summed E-state index contributed by atoms with van der Waals surface area (Å²) in [6.07, 6.45) is 7.81. The lowest BCUT2D eigenvalue weighted by Crippen LogP contribution is -2.39. The first-order chi connectivity index (χ1) is 17.9. The molecule has 2 saturated heterocycles. The van der Waals surface area contributed by atoms with E-state index in [0.717, 1.165) is 49.4 Å². The van der Waals surface area contributed by atoms with Crippen LogP contribution in [-0.4, -0.2) is 60.8 Å². The average Bonchev–Trinajstić information content (AvgIpc) is 2.92. The van der Waals surface area contributed by atoms with Crippen LogP contribution in [0.3, 0.4) is 0 Å². The van der Waals surface area contributed by atoms with E-state index >= 15 is 0 Å². The summed E-state index contributed by atoms with van der Waals surface area (Å²) in [5.41, 5.74) is 2.73. The molecule has 2 aliphatic rings. The summed E-state index contributed by atoms with van der Waals surface area (Å²) in [6.45, 7) is 5.66. The number of anilines is 1. The van der Waals surface area contributed by atoms with Crippen LogP contribution in [0.4, 0.5) is 5.95 Å². The monoisotopic (exact) mass is 527 g/mol. The maximum Gasteiger partial charge on any atom is 0.399 e. The number of nitrogens with zero attached hydrogens (tertiary/aromatic N) is 5. The number of rotatable bonds is 7. The molecule has 11 nitrogen and oxygen atoms in total. The van der Waals surface area contributed by atoms with E-state index in [2.05, 4.69) is 31.8 Å². The minimum Gasteiger partial charge on any atom is -0.474 e. The van der Waals surface area contributed by atoms with Crippen molar-refractivity contribution >= 4 is 16.3 Å². The molecule has 196 valence electrons. The van der Waals surface area contributed by atoms with E-state index in [-0.39, 0.29) is 25.2 Å². The van der Waals surface area contributed by atoms with Gasteiger partial charge in [0.2, 0.25) is 17.7 Å². The van der Waals surface area contributed by atoms with Crippen molar-refractivity contribution in [2.45, 2.75) is 45.1 Å². The lowest BCUT2D eigenvalue weighted by atomic mass is 10.0. The molecule has 0 radical (unpaired) electrons. The maximum atomic E-state index is 11.3. The molecular formula is C25H29N5O6S. The Bertz CT molecular complexity index is 1300. The van der Waals surface area contributed by atoms with Gasteiger partial charge in [0.15, 0.2) is 0 Å². The van der Waals surface area contributed by atoms with Gasteiger partial charge in [-0.15, -0.1) is 0 Å². The van der Waals surface area contributed by atoms with Gasteiger partial charge in [-0.2, -0.15) is 8.42 Å². The minimum atomic E-state index is -3.87. The molecule has 0 N–H and O–H groups in total. The van der Waals surface area contributed by atoms with Crippen LogP contribution < -0.4 is 14.4 Å². The molecule has 5 rings (SSSR count). The van der Waals surface area contributed by atoms with Gasteiger partial charge in [0.25, 0.3) is 0 Å². The van der Waals surface area contributed by atoms with Crippen LogP contribution in [0.1, 0.15) is 42.4 Å². The summed E-state index contributed by atoms with van der Waals surface area (Å²) < 4.78 is 44.3. The van der Waals surface area contributed by atoms with E-state index in [4.69, 9.17) is 17.8 Å². The predicted molar refractivity (Wildman–Crippen MR) is 134 cm³/mol. The molecule has 0 aliphatic carbocycles. The second kappa shape index (κ2) is 11.0. The zero-order chi connectivity index (χ0) is 25.8. The maximum absolute atomic E-state index is 11.3. The lowest BCUT2D eigenvalue weighted by molar-refractivity contribution is 0.135. The van der Waals surface area contributed by atoms with Gasteiger partial charge >= 0.3 is 10.4 Å². The molecule has 2 aliphatic heterocycles. The van der Waals surface area contributed by atoms with Crippen LogP contribution in [0.25, 0.3) is 0 Å². The molecule has 1 aromatic carbocycles. The molecule has 2 fully saturated rings. The van der Waals surface area contributed by atoms with Crippen molar-refractivity contribution in [3.63, 3.8) is 0 Å². The third-order valence-electron chi connectivity index (χ3n) is 6.49. The van der Waals surface area contributed by atoms with E-state index in [1.54, 1.807) is 12.1 Å². The highest BCUT2D eigenvalue weighted by atomic mass is 32.3. The van der Waals surface area contributed by atoms with Crippen LogP contribution in [0.2, 0.25) is 0 Å². The normalized spacial score (nSPS) is 18.5. The highest BCUT2D eigenvalue weighted by molar-refractivity contribution is 7.81. The highest BCUT2D eigenvalue weighted by Crippen LogP contribution is 2.31. The molecule has 0 saturated carbocycles. The Kier molecular flexibility index (Phi) is 7.49. The summed E-state index contributed by atoms with van der Waals surface area (Å²) in [7, 11) is -3.87. The summed E-state index contributed by atoms with van der Waals surface area (Å²) in [4.78, 5) is 19.8. The highest BCUT2D eigenvalue weighted by Gasteiger charge is 2.27. The number of aromatic nitrogens is 4. The number of ether oxygens (including phenoxy) is 2. The van der Waals surface area contributed by atoms with Crippen molar-refractivity contribution in [2.24, 2.45) is 0 Å². The average molecular weight is 528 g/mol. The largest absolute Gasteiger partial charge is 0.474 e. The molecule has 37 heavy (non-hydrogen) atoms. The van der Waals surface area contributed by atoms with Crippen molar-refractivity contribution in [1.29, 1.82) is 0 Å². The zero-order valence-corrected chi connectivity index (χ0v) is 21.6. The third-order valence-corrected chi connectivity index (χ3v) is 7.34. The molecule has 0 unspecified atom stereocenters. The van der Waals surface area contributed by atoms with Crippen molar-refractivity contribution < 1.29 is 26.3 Å². The molecule has 0 bridgehead atoms. The Morgan fingerprint density at radius 2 is 1.62 bits per heavy atom. The summed E-state index contributed by atoms with van der Waals surface area (Å²) in [5.74, 6) is 2.08. The summed E-state index contributed by atoms with van der Waals surface area (Å²) >= 11 is 0. The Balaban J connectivity index is 1.17. The van der Waals surface area contributed by atoms with Crippen molar-refractivity contribution in [3.8, 4) is 17.5 Å². The van der Waals surface area contributed by atoms with Gasteiger partial charge in [-0.1, -0.05) is 19.1 Å². The fraction of sp³-hybridized carbons (Fsp3) is 0.440. The van der Waals surface area contributed by atoms with Gasteiger partial charge in [0.05, 0.1) is 18.8 Å². The standard InChI is InChI=1S/C25H29N5O6S/c1-3-18-12-26-25(27-13-18)30-10-8-22(9-11-30)36-24-17(2)23(28-16-29-24)35-21-6-4-19(5-7-21)20-14-33-37(31,32)34-15-20/h4-7,12-13,16,20,22H,3,8-11,14-15H2,1-2H3. The quantitative estimate of drug-likeness (QED) is 0.449. The van der Waals surface area contributed by atoms with Crippen molar-refractivity contribution in [2.75, 3.05) is 31.2 Å². The second-order valence-corrected chi connectivity index (χ2v) is 10.3. The van der Waals surface area contributed by atoms with E-state index < -0.39 is 10.4 Å². The Labute approximate surface area is 216 Å². The van der Waals surface area contributed by atoms with E-state index in [0.29, 0.717) is 23.1 Å². The van der Waals surface area contributed by atoms with Gasteiger partial charge < -0.3 is 14.4 Å². The number of benzene rings is 1. The zero-order valence-electron chi connectivity index (χ0n) is 20.7. The predicted octanol–water partition coefficient (Wildman–Crippen LogP) is 3.35. The molecule has 0 atom stereocenters. The van der Waals surface area contributed by atoms with Crippen LogP contribution in [-0.2, 0) is 25.2 Å². The van der Waals surface area contributed by atoms with Crippen LogP contribution >= 0.6 is 0 Å². The summed E-state index contributed by atoms with van der Waals surface area (Å²) in [5, 5.41) is 0. The van der Waals surface area contributed by atoms with Gasteiger partial charge in [-0.25, -0.2) is 28.3 Å². The molecule has 0 spiro atoms. The molecule has 12 heteroatoms. The fourth-order valence-electron chi connectivity index (χ4n) is 4.19.